The van der Waals surface area contributed by atoms with Gasteiger partial charge < -0.3 is 9.80 Å². The van der Waals surface area contributed by atoms with Crippen LogP contribution in [0.4, 0.5) is 4.39 Å². The fourth-order valence-electron chi connectivity index (χ4n) is 3.13. The van der Waals surface area contributed by atoms with Gasteiger partial charge in [0.05, 0.1) is 5.69 Å². The molecule has 3 heterocycles. The molecule has 142 valence electrons. The molecular weight excluding hydrogens is 361 g/mol. The van der Waals surface area contributed by atoms with Gasteiger partial charge in [-0.1, -0.05) is 6.07 Å². The average molecular weight is 379 g/mol. The van der Waals surface area contributed by atoms with Crippen LogP contribution in [0.3, 0.4) is 0 Å². The predicted molar refractivity (Wildman–Crippen MR) is 100 cm³/mol. The Labute approximate surface area is 160 Å². The fourth-order valence-corrected chi connectivity index (χ4v) is 3.13. The monoisotopic (exact) mass is 379 g/mol. The third-order valence-electron chi connectivity index (χ3n) is 4.68. The smallest absolute Gasteiger partial charge is 0.272 e. The lowest BCUT2D eigenvalue weighted by Crippen LogP contribution is -2.50. The highest BCUT2D eigenvalue weighted by atomic mass is 19.1. The lowest BCUT2D eigenvalue weighted by molar-refractivity contribution is 0.0532. The topological polar surface area (TPSA) is 82.2 Å². The summed E-state index contributed by atoms with van der Waals surface area (Å²) in [5.74, 6) is -0.703. The second-order valence-corrected chi connectivity index (χ2v) is 6.47. The van der Waals surface area contributed by atoms with Crippen molar-refractivity contribution >= 4 is 11.8 Å². The van der Waals surface area contributed by atoms with Crippen molar-refractivity contribution in [1.82, 2.24) is 25.0 Å². The first-order chi connectivity index (χ1) is 13.6. The Bertz CT molecular complexity index is 979. The fraction of sp³-hybridized carbons (Fsp3) is 0.200. The van der Waals surface area contributed by atoms with Crippen molar-refractivity contribution in [1.29, 1.82) is 0 Å². The number of amides is 2. The zero-order valence-electron chi connectivity index (χ0n) is 15.0. The maximum atomic E-state index is 13.0. The Hall–Kier alpha value is -3.55. The summed E-state index contributed by atoms with van der Waals surface area (Å²) in [7, 11) is 0. The van der Waals surface area contributed by atoms with Crippen molar-refractivity contribution in [2.45, 2.75) is 0 Å². The second-order valence-electron chi connectivity index (χ2n) is 6.47. The summed E-state index contributed by atoms with van der Waals surface area (Å²) in [6.45, 7) is 1.68. The van der Waals surface area contributed by atoms with Gasteiger partial charge >= 0.3 is 0 Å². The van der Waals surface area contributed by atoms with Crippen LogP contribution >= 0.6 is 0 Å². The Balaban J connectivity index is 1.38. The Morgan fingerprint density at radius 2 is 1.57 bits per heavy atom. The number of carbonyl (C=O) groups is 2. The summed E-state index contributed by atoms with van der Waals surface area (Å²) < 4.78 is 13.0. The number of benzene rings is 1. The lowest BCUT2D eigenvalue weighted by atomic mass is 10.1. The normalized spacial score (nSPS) is 14.2. The molecule has 1 N–H and O–H groups in total. The molecule has 1 aromatic carbocycles. The number of aromatic amines is 1. The van der Waals surface area contributed by atoms with Crippen LogP contribution in [0, 0.1) is 5.82 Å². The molecule has 1 aliphatic heterocycles. The average Bonchev–Trinajstić information content (AvgIpc) is 3.24. The Morgan fingerprint density at radius 3 is 2.21 bits per heavy atom. The van der Waals surface area contributed by atoms with E-state index in [4.69, 9.17) is 0 Å². The third kappa shape index (κ3) is 3.62. The second kappa shape index (κ2) is 7.59. The van der Waals surface area contributed by atoms with E-state index < -0.39 is 0 Å². The number of piperazine rings is 1. The van der Waals surface area contributed by atoms with Gasteiger partial charge in [0.2, 0.25) is 0 Å². The number of rotatable bonds is 3. The molecule has 0 saturated carbocycles. The Kier molecular flexibility index (Phi) is 4.84. The minimum atomic E-state index is -0.378. The number of nitrogens with one attached hydrogen (secondary N) is 1. The van der Waals surface area contributed by atoms with E-state index in [1.807, 2.05) is 18.2 Å². The summed E-state index contributed by atoms with van der Waals surface area (Å²) in [6, 6.07) is 12.7. The van der Waals surface area contributed by atoms with Gasteiger partial charge in [-0.15, -0.1) is 0 Å². The number of halogens is 1. The number of nitrogens with zero attached hydrogens (tertiary/aromatic N) is 4. The summed E-state index contributed by atoms with van der Waals surface area (Å²) in [5.41, 5.74) is 2.12. The molecule has 8 heteroatoms. The number of H-pyrrole nitrogens is 1. The van der Waals surface area contributed by atoms with Crippen LogP contribution in [0.25, 0.3) is 11.4 Å². The maximum absolute atomic E-state index is 13.0. The molecule has 4 rings (SSSR count). The molecule has 7 nitrogen and oxygen atoms in total. The number of aromatic nitrogens is 3. The molecule has 0 aliphatic carbocycles. The number of pyridine rings is 1. The number of hydrogen-bond donors (Lipinski definition) is 1. The third-order valence-corrected chi connectivity index (χ3v) is 4.68. The van der Waals surface area contributed by atoms with Crippen molar-refractivity contribution in [2.75, 3.05) is 26.2 Å². The molecule has 1 fully saturated rings. The van der Waals surface area contributed by atoms with E-state index in [-0.39, 0.29) is 17.6 Å². The van der Waals surface area contributed by atoms with Crippen LogP contribution in [0.15, 0.2) is 54.7 Å². The molecule has 0 radical (unpaired) electrons. The molecule has 0 spiro atoms. The number of hydrogen-bond acceptors (Lipinski definition) is 4. The zero-order valence-corrected chi connectivity index (χ0v) is 15.0. The Morgan fingerprint density at radius 1 is 0.893 bits per heavy atom. The first-order valence-electron chi connectivity index (χ1n) is 8.93. The molecule has 0 bridgehead atoms. The van der Waals surface area contributed by atoms with E-state index in [0.29, 0.717) is 48.8 Å². The van der Waals surface area contributed by atoms with Gasteiger partial charge in [0.1, 0.15) is 17.2 Å². The van der Waals surface area contributed by atoms with Crippen LogP contribution in [0.1, 0.15) is 20.8 Å². The van der Waals surface area contributed by atoms with Gasteiger partial charge in [0.15, 0.2) is 0 Å². The van der Waals surface area contributed by atoms with Gasteiger partial charge in [-0.3, -0.25) is 19.7 Å². The summed E-state index contributed by atoms with van der Waals surface area (Å²) in [4.78, 5) is 32.8. The summed E-state index contributed by atoms with van der Waals surface area (Å²) in [6.07, 6.45) is 1.67. The van der Waals surface area contributed by atoms with Crippen LogP contribution in [0.5, 0.6) is 0 Å². The molecule has 0 unspecified atom stereocenters. The van der Waals surface area contributed by atoms with Crippen molar-refractivity contribution in [2.24, 2.45) is 0 Å². The molecular formula is C20H18FN5O2. The van der Waals surface area contributed by atoms with Crippen molar-refractivity contribution in [3.63, 3.8) is 0 Å². The van der Waals surface area contributed by atoms with Crippen molar-refractivity contribution in [3.8, 4) is 11.4 Å². The van der Waals surface area contributed by atoms with Crippen molar-refractivity contribution < 1.29 is 14.0 Å². The van der Waals surface area contributed by atoms with Gasteiger partial charge in [0, 0.05) is 37.9 Å². The largest absolute Gasteiger partial charge is 0.335 e. The standard InChI is InChI=1S/C20H18FN5O2/c21-15-6-4-14(5-7-15)19(27)25-9-11-26(12-10-25)20(28)18-13-17(23-24-18)16-3-1-2-8-22-16/h1-8,13H,9-12H2,(H,23,24). The minimum Gasteiger partial charge on any atom is -0.335 e. The molecule has 3 aromatic rings. The highest BCUT2D eigenvalue weighted by molar-refractivity contribution is 5.95. The molecule has 2 amide bonds. The number of carbonyl (C=O) groups excluding carboxylic acids is 2. The quantitative estimate of drug-likeness (QED) is 0.756. The van der Waals surface area contributed by atoms with Crippen molar-refractivity contribution in [3.05, 3.63) is 71.8 Å². The van der Waals surface area contributed by atoms with Crippen LogP contribution < -0.4 is 0 Å². The highest BCUT2D eigenvalue weighted by Crippen LogP contribution is 2.16. The molecule has 0 atom stereocenters. The highest BCUT2D eigenvalue weighted by Gasteiger charge is 2.26. The first-order valence-corrected chi connectivity index (χ1v) is 8.93. The molecule has 2 aromatic heterocycles. The maximum Gasteiger partial charge on any atom is 0.272 e. The first kappa shape index (κ1) is 17.8. The van der Waals surface area contributed by atoms with E-state index in [1.165, 1.54) is 24.3 Å². The van der Waals surface area contributed by atoms with E-state index in [2.05, 4.69) is 15.2 Å². The van der Waals surface area contributed by atoms with Gasteiger partial charge in [-0.05, 0) is 42.5 Å². The zero-order chi connectivity index (χ0) is 19.5. The van der Waals surface area contributed by atoms with Crippen LogP contribution in [-0.4, -0.2) is 63.0 Å². The summed E-state index contributed by atoms with van der Waals surface area (Å²) in [5, 5.41) is 6.93. The predicted octanol–water partition coefficient (Wildman–Crippen LogP) is 2.21. The SMILES string of the molecule is O=C(c1ccc(F)cc1)N1CCN(C(=O)c2cc(-c3ccccn3)n[nH]2)CC1. The van der Waals surface area contributed by atoms with Gasteiger partial charge in [0.25, 0.3) is 11.8 Å². The van der Waals surface area contributed by atoms with Gasteiger partial charge in [-0.2, -0.15) is 5.10 Å². The summed E-state index contributed by atoms with van der Waals surface area (Å²) >= 11 is 0. The lowest BCUT2D eigenvalue weighted by Gasteiger charge is -2.34. The molecule has 28 heavy (non-hydrogen) atoms. The van der Waals surface area contributed by atoms with E-state index in [9.17, 15) is 14.0 Å². The van der Waals surface area contributed by atoms with E-state index in [0.717, 1.165) is 0 Å². The molecule has 1 saturated heterocycles. The van der Waals surface area contributed by atoms with E-state index in [1.54, 1.807) is 22.1 Å². The minimum absolute atomic E-state index is 0.161. The van der Waals surface area contributed by atoms with Crippen LogP contribution in [0.2, 0.25) is 0 Å². The van der Waals surface area contributed by atoms with E-state index >= 15 is 0 Å². The van der Waals surface area contributed by atoms with Gasteiger partial charge in [-0.25, -0.2) is 4.39 Å². The molecule has 1 aliphatic rings. The van der Waals surface area contributed by atoms with Crippen LogP contribution in [-0.2, 0) is 0 Å².